The standard InChI is InChI=1S/C14H13N3S/c18-8-6-10-4-5-11-13(9-10)17-14(16-11)12-3-1-2-7-15-12/h1-5,7,9,18H,6,8H2,(H,16,17). The van der Waals surface area contributed by atoms with Gasteiger partial charge in [0.25, 0.3) is 0 Å². The van der Waals surface area contributed by atoms with Crippen molar-refractivity contribution in [2.45, 2.75) is 6.42 Å². The Morgan fingerprint density at radius 1 is 1.17 bits per heavy atom. The van der Waals surface area contributed by atoms with Crippen LogP contribution in [0.25, 0.3) is 22.6 Å². The van der Waals surface area contributed by atoms with E-state index in [0.29, 0.717) is 0 Å². The summed E-state index contributed by atoms with van der Waals surface area (Å²) in [7, 11) is 0. The van der Waals surface area contributed by atoms with E-state index in [1.165, 1.54) is 5.56 Å². The van der Waals surface area contributed by atoms with Gasteiger partial charge in [-0.3, -0.25) is 4.98 Å². The van der Waals surface area contributed by atoms with Crippen LogP contribution in [0, 0.1) is 0 Å². The number of fused-ring (bicyclic) bond motifs is 1. The number of imidazole rings is 1. The first-order valence-electron chi connectivity index (χ1n) is 5.88. The van der Waals surface area contributed by atoms with Gasteiger partial charge < -0.3 is 4.98 Å². The molecule has 3 nitrogen and oxygen atoms in total. The maximum atomic E-state index is 4.55. The molecule has 0 aliphatic rings. The monoisotopic (exact) mass is 255 g/mol. The highest BCUT2D eigenvalue weighted by Gasteiger charge is 2.06. The molecule has 18 heavy (non-hydrogen) atoms. The molecule has 0 saturated heterocycles. The van der Waals surface area contributed by atoms with Crippen LogP contribution >= 0.6 is 12.6 Å². The van der Waals surface area contributed by atoms with Crippen LogP contribution in [0.1, 0.15) is 5.56 Å². The molecular weight excluding hydrogens is 242 g/mol. The summed E-state index contributed by atoms with van der Waals surface area (Å²) in [6.07, 6.45) is 2.74. The molecule has 2 aromatic heterocycles. The van der Waals surface area contributed by atoms with Crippen LogP contribution < -0.4 is 0 Å². The lowest BCUT2D eigenvalue weighted by atomic mass is 10.1. The van der Waals surface area contributed by atoms with Crippen molar-refractivity contribution >= 4 is 23.7 Å². The van der Waals surface area contributed by atoms with E-state index >= 15 is 0 Å². The minimum absolute atomic E-state index is 0.814. The molecule has 4 heteroatoms. The second kappa shape index (κ2) is 4.82. The number of pyridine rings is 1. The average molecular weight is 255 g/mol. The molecule has 0 saturated carbocycles. The Labute approximate surface area is 111 Å². The van der Waals surface area contributed by atoms with E-state index in [1.54, 1.807) is 6.20 Å². The molecule has 0 spiro atoms. The minimum Gasteiger partial charge on any atom is -0.337 e. The second-order valence-electron chi connectivity index (χ2n) is 4.13. The first-order chi connectivity index (χ1) is 8.86. The zero-order chi connectivity index (χ0) is 12.4. The highest BCUT2D eigenvalue weighted by atomic mass is 32.1. The van der Waals surface area contributed by atoms with Gasteiger partial charge in [-0.2, -0.15) is 12.6 Å². The van der Waals surface area contributed by atoms with Gasteiger partial charge in [-0.25, -0.2) is 4.98 Å². The quantitative estimate of drug-likeness (QED) is 0.706. The van der Waals surface area contributed by atoms with Gasteiger partial charge in [0, 0.05) is 6.20 Å². The molecule has 0 fully saturated rings. The summed E-state index contributed by atoms with van der Waals surface area (Å²) in [5, 5.41) is 0. The predicted octanol–water partition coefficient (Wildman–Crippen LogP) is 3.10. The lowest BCUT2D eigenvalue weighted by molar-refractivity contribution is 1.17. The molecule has 0 unspecified atom stereocenters. The summed E-state index contributed by atoms with van der Waals surface area (Å²) >= 11 is 4.25. The van der Waals surface area contributed by atoms with Crippen LogP contribution in [0.5, 0.6) is 0 Å². The highest BCUT2D eigenvalue weighted by Crippen LogP contribution is 2.19. The summed E-state index contributed by atoms with van der Waals surface area (Å²) in [6, 6.07) is 12.1. The number of aromatic nitrogens is 3. The van der Waals surface area contributed by atoms with Gasteiger partial charge >= 0.3 is 0 Å². The largest absolute Gasteiger partial charge is 0.337 e. The molecule has 0 radical (unpaired) electrons. The third-order valence-electron chi connectivity index (χ3n) is 2.85. The molecule has 90 valence electrons. The fourth-order valence-electron chi connectivity index (χ4n) is 1.97. The first kappa shape index (κ1) is 11.3. The fraction of sp³-hybridized carbons (Fsp3) is 0.143. The smallest absolute Gasteiger partial charge is 0.157 e. The first-order valence-corrected chi connectivity index (χ1v) is 6.51. The van der Waals surface area contributed by atoms with Gasteiger partial charge in [-0.05, 0) is 42.0 Å². The Kier molecular flexibility index (Phi) is 3.02. The summed E-state index contributed by atoms with van der Waals surface area (Å²) in [5.74, 6) is 1.67. The maximum absolute atomic E-state index is 4.55. The molecule has 2 heterocycles. The highest BCUT2D eigenvalue weighted by molar-refractivity contribution is 7.80. The number of nitrogens with zero attached hydrogens (tertiary/aromatic N) is 2. The van der Waals surface area contributed by atoms with Crippen molar-refractivity contribution in [2.24, 2.45) is 0 Å². The zero-order valence-electron chi connectivity index (χ0n) is 9.80. The van der Waals surface area contributed by atoms with Gasteiger partial charge in [-0.1, -0.05) is 12.1 Å². The number of thiol groups is 1. The molecule has 0 atom stereocenters. The second-order valence-corrected chi connectivity index (χ2v) is 4.57. The van der Waals surface area contributed by atoms with Crippen molar-refractivity contribution in [1.82, 2.24) is 15.0 Å². The van der Waals surface area contributed by atoms with Crippen LogP contribution in [-0.4, -0.2) is 20.7 Å². The minimum atomic E-state index is 0.814. The number of hydrogen-bond acceptors (Lipinski definition) is 3. The zero-order valence-corrected chi connectivity index (χ0v) is 10.7. The fourth-order valence-corrected chi connectivity index (χ4v) is 2.22. The van der Waals surface area contributed by atoms with E-state index in [-0.39, 0.29) is 0 Å². The Morgan fingerprint density at radius 2 is 2.11 bits per heavy atom. The Hall–Kier alpha value is -1.81. The predicted molar refractivity (Wildman–Crippen MR) is 76.9 cm³/mol. The van der Waals surface area contributed by atoms with Gasteiger partial charge in [0.05, 0.1) is 11.0 Å². The molecule has 1 N–H and O–H groups in total. The van der Waals surface area contributed by atoms with E-state index in [9.17, 15) is 0 Å². The Morgan fingerprint density at radius 3 is 2.89 bits per heavy atom. The summed E-state index contributed by atoms with van der Waals surface area (Å²) in [5.41, 5.74) is 4.16. The normalized spacial score (nSPS) is 10.9. The molecule has 0 amide bonds. The van der Waals surface area contributed by atoms with Gasteiger partial charge in [0.2, 0.25) is 0 Å². The number of nitrogens with one attached hydrogen (secondary N) is 1. The van der Waals surface area contributed by atoms with Crippen LogP contribution in [0.2, 0.25) is 0 Å². The summed E-state index contributed by atoms with van der Waals surface area (Å²) < 4.78 is 0. The van der Waals surface area contributed by atoms with E-state index in [2.05, 4.69) is 39.7 Å². The molecule has 1 aromatic carbocycles. The summed E-state index contributed by atoms with van der Waals surface area (Å²) in [6.45, 7) is 0. The third-order valence-corrected chi connectivity index (χ3v) is 3.08. The van der Waals surface area contributed by atoms with E-state index in [0.717, 1.165) is 34.7 Å². The van der Waals surface area contributed by atoms with Crippen LogP contribution in [-0.2, 0) is 6.42 Å². The van der Waals surface area contributed by atoms with Crippen LogP contribution in [0.3, 0.4) is 0 Å². The van der Waals surface area contributed by atoms with Crippen LogP contribution in [0.4, 0.5) is 0 Å². The van der Waals surface area contributed by atoms with Crippen molar-refractivity contribution < 1.29 is 0 Å². The number of aryl methyl sites for hydroxylation is 1. The van der Waals surface area contributed by atoms with E-state index < -0.39 is 0 Å². The summed E-state index contributed by atoms with van der Waals surface area (Å²) in [4.78, 5) is 12.2. The lowest BCUT2D eigenvalue weighted by Crippen LogP contribution is -1.85. The van der Waals surface area contributed by atoms with Gasteiger partial charge in [0.15, 0.2) is 5.82 Å². The van der Waals surface area contributed by atoms with E-state index in [1.807, 2.05) is 24.3 Å². The van der Waals surface area contributed by atoms with Crippen molar-refractivity contribution in [3.63, 3.8) is 0 Å². The van der Waals surface area contributed by atoms with Crippen molar-refractivity contribution in [3.8, 4) is 11.5 Å². The third kappa shape index (κ3) is 2.11. The molecular formula is C14H13N3S. The maximum Gasteiger partial charge on any atom is 0.157 e. The average Bonchev–Trinajstić information content (AvgIpc) is 2.83. The molecule has 0 aliphatic heterocycles. The molecule has 0 aliphatic carbocycles. The van der Waals surface area contributed by atoms with Gasteiger partial charge in [0.1, 0.15) is 5.69 Å². The van der Waals surface area contributed by atoms with Crippen molar-refractivity contribution in [3.05, 3.63) is 48.2 Å². The molecule has 3 aromatic rings. The van der Waals surface area contributed by atoms with Gasteiger partial charge in [-0.15, -0.1) is 0 Å². The number of benzene rings is 1. The van der Waals surface area contributed by atoms with E-state index in [4.69, 9.17) is 0 Å². The topological polar surface area (TPSA) is 41.6 Å². The molecule has 0 bridgehead atoms. The van der Waals surface area contributed by atoms with Crippen molar-refractivity contribution in [1.29, 1.82) is 0 Å². The van der Waals surface area contributed by atoms with Crippen LogP contribution in [0.15, 0.2) is 42.6 Å². The molecule has 3 rings (SSSR count). The number of H-pyrrole nitrogens is 1. The number of rotatable bonds is 3. The van der Waals surface area contributed by atoms with Crippen molar-refractivity contribution in [2.75, 3.05) is 5.75 Å². The number of aromatic amines is 1. The SMILES string of the molecule is SCCc1ccc2nc(-c3ccccn3)[nH]c2c1. The number of hydrogen-bond donors (Lipinski definition) is 2. The Balaban J connectivity index is 2.06. The lowest BCUT2D eigenvalue weighted by Gasteiger charge is -1.96. The Bertz CT molecular complexity index is 661.